The molecule has 2 heterocycles. The number of hydrogen-bond donors (Lipinski definition) is 1. The summed E-state index contributed by atoms with van der Waals surface area (Å²) in [5.74, 6) is 0.387. The van der Waals surface area contributed by atoms with E-state index in [0.717, 1.165) is 63.1 Å². The molecule has 0 spiro atoms. The summed E-state index contributed by atoms with van der Waals surface area (Å²) in [6, 6.07) is 12.0. The van der Waals surface area contributed by atoms with Crippen LogP contribution in [-0.2, 0) is 29.0 Å². The van der Waals surface area contributed by atoms with Crippen LogP contribution in [0.2, 0.25) is 0 Å². The van der Waals surface area contributed by atoms with Crippen molar-refractivity contribution < 1.29 is 14.6 Å². The molecule has 2 atom stereocenters. The van der Waals surface area contributed by atoms with Crippen molar-refractivity contribution in [2.75, 3.05) is 19.7 Å². The van der Waals surface area contributed by atoms with Crippen molar-refractivity contribution in [1.29, 1.82) is 0 Å². The van der Waals surface area contributed by atoms with Crippen molar-refractivity contribution in [3.63, 3.8) is 0 Å². The van der Waals surface area contributed by atoms with Gasteiger partial charge in [0.05, 0.1) is 12.3 Å². The number of likely N-dealkylation sites (tertiary alicyclic amines) is 1. The molecule has 0 bridgehead atoms. The van der Waals surface area contributed by atoms with Crippen LogP contribution in [0.15, 0.2) is 36.4 Å². The van der Waals surface area contributed by atoms with Crippen molar-refractivity contribution in [2.45, 2.75) is 76.4 Å². The number of carboxylic acids is 1. The van der Waals surface area contributed by atoms with Gasteiger partial charge in [0.2, 0.25) is 0 Å². The number of nitrogens with zero attached hydrogens (tertiary/aromatic N) is 2. The number of ether oxygens (including phenoxy) is 1. The minimum Gasteiger partial charge on any atom is -0.480 e. The average molecular weight is 449 g/mol. The SMILES string of the molecule is O=C(O)C(c1ccccc1C1CC1)N1CC[C@@H](CCCOCc2ccc3c(n2)CCCC3)C1. The lowest BCUT2D eigenvalue weighted by molar-refractivity contribution is -0.143. The molecular formula is C28H36N2O3. The molecule has 1 aromatic carbocycles. The van der Waals surface area contributed by atoms with E-state index in [1.807, 2.05) is 18.2 Å². The van der Waals surface area contributed by atoms with Gasteiger partial charge in [-0.15, -0.1) is 0 Å². The first kappa shape index (κ1) is 22.5. The number of aliphatic carboxylic acids is 1. The predicted molar refractivity (Wildman–Crippen MR) is 128 cm³/mol. The third kappa shape index (κ3) is 5.47. The number of benzene rings is 1. The Balaban J connectivity index is 1.08. The smallest absolute Gasteiger partial charge is 0.325 e. The summed E-state index contributed by atoms with van der Waals surface area (Å²) >= 11 is 0. The zero-order valence-electron chi connectivity index (χ0n) is 19.5. The lowest BCUT2D eigenvalue weighted by Crippen LogP contribution is -2.33. The maximum Gasteiger partial charge on any atom is 0.325 e. The number of aryl methyl sites for hydroxylation is 2. The van der Waals surface area contributed by atoms with Crippen LogP contribution in [0.4, 0.5) is 0 Å². The third-order valence-electron chi connectivity index (χ3n) is 7.61. The second kappa shape index (κ2) is 10.4. The summed E-state index contributed by atoms with van der Waals surface area (Å²) in [6.07, 6.45) is 10.3. The first-order valence-electron chi connectivity index (χ1n) is 12.8. The van der Waals surface area contributed by atoms with E-state index in [1.54, 1.807) is 0 Å². The van der Waals surface area contributed by atoms with Crippen LogP contribution >= 0.6 is 0 Å². The summed E-state index contributed by atoms with van der Waals surface area (Å²) in [5.41, 5.74) is 5.98. The monoisotopic (exact) mass is 448 g/mol. The van der Waals surface area contributed by atoms with Gasteiger partial charge in [-0.25, -0.2) is 0 Å². The van der Waals surface area contributed by atoms with E-state index in [1.165, 1.54) is 42.5 Å². The molecule has 5 heteroatoms. The molecule has 1 aromatic heterocycles. The minimum absolute atomic E-state index is 0.516. The largest absolute Gasteiger partial charge is 0.480 e. The second-order valence-electron chi connectivity index (χ2n) is 10.1. The normalized spacial score (nSPS) is 21.6. The summed E-state index contributed by atoms with van der Waals surface area (Å²) < 4.78 is 5.93. The second-order valence-corrected chi connectivity index (χ2v) is 10.1. The van der Waals surface area contributed by atoms with E-state index in [-0.39, 0.29) is 0 Å². The molecule has 5 rings (SSSR count). The Morgan fingerprint density at radius 3 is 2.82 bits per heavy atom. The first-order valence-corrected chi connectivity index (χ1v) is 12.8. The predicted octanol–water partition coefficient (Wildman–Crippen LogP) is 5.28. The maximum absolute atomic E-state index is 12.2. The van der Waals surface area contributed by atoms with E-state index >= 15 is 0 Å². The van der Waals surface area contributed by atoms with Crippen LogP contribution in [0.25, 0.3) is 0 Å². The molecule has 1 aliphatic heterocycles. The fourth-order valence-corrected chi connectivity index (χ4v) is 5.70. The fourth-order valence-electron chi connectivity index (χ4n) is 5.70. The van der Waals surface area contributed by atoms with Crippen LogP contribution in [0.3, 0.4) is 0 Å². The molecule has 1 saturated carbocycles. The molecule has 2 fully saturated rings. The van der Waals surface area contributed by atoms with Crippen LogP contribution in [0.5, 0.6) is 0 Å². The highest BCUT2D eigenvalue weighted by Crippen LogP contribution is 2.44. The zero-order valence-corrected chi connectivity index (χ0v) is 19.5. The van der Waals surface area contributed by atoms with Crippen LogP contribution < -0.4 is 0 Å². The van der Waals surface area contributed by atoms with Crippen molar-refractivity contribution in [3.05, 3.63) is 64.5 Å². The number of carbonyl (C=O) groups is 1. The molecule has 1 saturated heterocycles. The van der Waals surface area contributed by atoms with Gasteiger partial charge in [-0.05, 0) is 98.9 Å². The molecule has 0 radical (unpaired) electrons. The van der Waals surface area contributed by atoms with E-state index in [9.17, 15) is 9.90 Å². The van der Waals surface area contributed by atoms with E-state index < -0.39 is 12.0 Å². The maximum atomic E-state index is 12.2. The highest BCUT2D eigenvalue weighted by Gasteiger charge is 2.37. The Labute approximate surface area is 197 Å². The van der Waals surface area contributed by atoms with Crippen LogP contribution in [0, 0.1) is 5.92 Å². The fraction of sp³-hybridized carbons (Fsp3) is 0.571. The molecule has 33 heavy (non-hydrogen) atoms. The van der Waals surface area contributed by atoms with Gasteiger partial charge in [0.15, 0.2) is 0 Å². The lowest BCUT2D eigenvalue weighted by Gasteiger charge is -2.26. The Kier molecular flexibility index (Phi) is 7.07. The first-order chi connectivity index (χ1) is 16.2. The van der Waals surface area contributed by atoms with E-state index in [4.69, 9.17) is 9.72 Å². The van der Waals surface area contributed by atoms with Gasteiger partial charge in [0.1, 0.15) is 6.04 Å². The summed E-state index contributed by atoms with van der Waals surface area (Å²) in [7, 11) is 0. The number of carboxylic acid groups (broad SMARTS) is 1. The average Bonchev–Trinajstić information content (AvgIpc) is 3.58. The summed E-state index contributed by atoms with van der Waals surface area (Å²) in [5, 5.41) is 10.1. The lowest BCUT2D eigenvalue weighted by atomic mass is 9.96. The topological polar surface area (TPSA) is 62.7 Å². The summed E-state index contributed by atoms with van der Waals surface area (Å²) in [6.45, 7) is 3.05. The van der Waals surface area contributed by atoms with Crippen LogP contribution in [0.1, 0.15) is 85.0 Å². The van der Waals surface area contributed by atoms with Gasteiger partial charge in [0, 0.05) is 18.8 Å². The number of hydrogen-bond acceptors (Lipinski definition) is 4. The number of fused-ring (bicyclic) bond motifs is 1. The van der Waals surface area contributed by atoms with Crippen LogP contribution in [-0.4, -0.2) is 40.7 Å². The quantitative estimate of drug-likeness (QED) is 0.501. The van der Waals surface area contributed by atoms with Gasteiger partial charge in [0.25, 0.3) is 0 Å². The number of aromatic nitrogens is 1. The molecule has 5 nitrogen and oxygen atoms in total. The minimum atomic E-state index is -0.718. The van der Waals surface area contributed by atoms with Crippen molar-refractivity contribution >= 4 is 5.97 Å². The molecule has 2 aliphatic carbocycles. The van der Waals surface area contributed by atoms with Gasteiger partial charge >= 0.3 is 5.97 Å². The van der Waals surface area contributed by atoms with Gasteiger partial charge in [-0.2, -0.15) is 0 Å². The third-order valence-corrected chi connectivity index (χ3v) is 7.61. The van der Waals surface area contributed by atoms with Crippen molar-refractivity contribution in [3.8, 4) is 0 Å². The molecule has 0 amide bonds. The van der Waals surface area contributed by atoms with Gasteiger partial charge in [-0.1, -0.05) is 30.3 Å². The van der Waals surface area contributed by atoms with E-state index in [2.05, 4.69) is 23.1 Å². The van der Waals surface area contributed by atoms with E-state index in [0.29, 0.717) is 18.4 Å². The van der Waals surface area contributed by atoms with Crippen molar-refractivity contribution in [2.24, 2.45) is 5.92 Å². The Bertz CT molecular complexity index is 971. The van der Waals surface area contributed by atoms with Gasteiger partial charge < -0.3 is 9.84 Å². The molecule has 1 unspecified atom stereocenters. The molecule has 2 aromatic rings. The molecule has 1 N–H and O–H groups in total. The molecule has 3 aliphatic rings. The Morgan fingerprint density at radius 2 is 1.97 bits per heavy atom. The molecular weight excluding hydrogens is 412 g/mol. The number of pyridine rings is 1. The number of rotatable bonds is 10. The van der Waals surface area contributed by atoms with Gasteiger partial charge in [-0.3, -0.25) is 14.7 Å². The summed E-state index contributed by atoms with van der Waals surface area (Å²) in [4.78, 5) is 19.2. The molecule has 176 valence electrons. The highest BCUT2D eigenvalue weighted by molar-refractivity contribution is 5.76. The Morgan fingerprint density at radius 1 is 1.12 bits per heavy atom. The standard InChI is InChI=1S/C28H36N2O3/c31-28(32)27(25-9-3-2-8-24(25)21-11-12-21)30-16-15-20(18-30)6-5-17-33-19-23-14-13-22-7-1-4-10-26(22)29-23/h2-3,8-9,13-14,20-21,27H,1,4-7,10-12,15-19H2,(H,31,32)/t20-,27?/m1/s1. The highest BCUT2D eigenvalue weighted by atomic mass is 16.5. The Hall–Kier alpha value is -2.24. The van der Waals surface area contributed by atoms with Crippen molar-refractivity contribution in [1.82, 2.24) is 9.88 Å². The zero-order chi connectivity index (χ0) is 22.6.